The number of ether oxygens (including phenoxy) is 2. The van der Waals surface area contributed by atoms with Crippen LogP contribution in [-0.4, -0.2) is 22.8 Å². The minimum absolute atomic E-state index is 0.234. The fourth-order valence-electron chi connectivity index (χ4n) is 1.51. The number of aryl methyl sites for hydroxylation is 1. The number of hydrogen-bond donors (Lipinski definition) is 1. The van der Waals surface area contributed by atoms with Crippen molar-refractivity contribution in [2.75, 3.05) is 6.61 Å². The Bertz CT molecular complexity index is 578. The molecular weight excluding hydrogens is 359 g/mol. The average molecular weight is 372 g/mol. The van der Waals surface area contributed by atoms with E-state index in [2.05, 4.69) is 32.8 Å². The summed E-state index contributed by atoms with van der Waals surface area (Å²) in [6.07, 6.45) is 0. The number of benzene rings is 1. The summed E-state index contributed by atoms with van der Waals surface area (Å²) in [6.45, 7) is 3.82. The lowest BCUT2D eigenvalue weighted by Gasteiger charge is -2.07. The van der Waals surface area contributed by atoms with Gasteiger partial charge in [0.15, 0.2) is 11.4 Å². The van der Waals surface area contributed by atoms with Crippen LogP contribution >= 0.6 is 22.6 Å². The van der Waals surface area contributed by atoms with Crippen molar-refractivity contribution in [1.82, 2.24) is 10.2 Å². The summed E-state index contributed by atoms with van der Waals surface area (Å²) in [5.74, 6) is 0.582. The Hall–Kier alpha value is -1.57. The Morgan fingerprint density at radius 1 is 1.37 bits per heavy atom. The number of nitrogens with one attached hydrogen (secondary N) is 1. The van der Waals surface area contributed by atoms with Crippen molar-refractivity contribution in [2.45, 2.75) is 13.8 Å². The van der Waals surface area contributed by atoms with Crippen molar-refractivity contribution in [3.8, 4) is 11.5 Å². The number of halogens is 1. The van der Waals surface area contributed by atoms with Crippen molar-refractivity contribution in [3.05, 3.63) is 39.2 Å². The standard InChI is InChI=1S/C13H13IN2O3/c1-3-18-13(17)11-12(8(2)15-16-11)19-10-6-4-9(14)5-7-10/h4-7H,3H2,1-2H3,(H,15,16). The zero-order valence-corrected chi connectivity index (χ0v) is 12.7. The summed E-state index contributed by atoms with van der Waals surface area (Å²) >= 11 is 2.21. The molecule has 0 amide bonds. The second kappa shape index (κ2) is 6.05. The first kappa shape index (κ1) is 13.9. The lowest BCUT2D eigenvalue weighted by molar-refractivity contribution is 0.0516. The highest BCUT2D eigenvalue weighted by atomic mass is 127. The molecule has 1 aromatic carbocycles. The van der Waals surface area contributed by atoms with Crippen molar-refractivity contribution < 1.29 is 14.3 Å². The highest BCUT2D eigenvalue weighted by Crippen LogP contribution is 2.28. The average Bonchev–Trinajstić information content (AvgIpc) is 2.74. The lowest BCUT2D eigenvalue weighted by Crippen LogP contribution is -2.06. The number of rotatable bonds is 4. The van der Waals surface area contributed by atoms with Crippen LogP contribution in [0.5, 0.6) is 11.5 Å². The van der Waals surface area contributed by atoms with E-state index in [9.17, 15) is 4.79 Å². The van der Waals surface area contributed by atoms with E-state index in [4.69, 9.17) is 9.47 Å². The largest absolute Gasteiger partial charge is 0.461 e. The molecule has 0 radical (unpaired) electrons. The highest BCUT2D eigenvalue weighted by Gasteiger charge is 2.20. The van der Waals surface area contributed by atoms with Crippen molar-refractivity contribution in [1.29, 1.82) is 0 Å². The number of hydrogen-bond acceptors (Lipinski definition) is 4. The normalized spacial score (nSPS) is 10.3. The Balaban J connectivity index is 2.26. The molecule has 1 heterocycles. The molecule has 2 rings (SSSR count). The van der Waals surface area contributed by atoms with Gasteiger partial charge in [0.25, 0.3) is 0 Å². The molecule has 2 aromatic rings. The van der Waals surface area contributed by atoms with E-state index in [0.717, 1.165) is 3.57 Å². The topological polar surface area (TPSA) is 64.2 Å². The number of aromatic amines is 1. The number of esters is 1. The fraction of sp³-hybridized carbons (Fsp3) is 0.231. The fourth-order valence-corrected chi connectivity index (χ4v) is 1.87. The van der Waals surface area contributed by atoms with Crippen LogP contribution in [0, 0.1) is 10.5 Å². The molecule has 1 N–H and O–H groups in total. The molecule has 0 saturated heterocycles. The van der Waals surface area contributed by atoms with Gasteiger partial charge >= 0.3 is 5.97 Å². The van der Waals surface area contributed by atoms with E-state index in [1.165, 1.54) is 0 Å². The minimum atomic E-state index is -0.469. The van der Waals surface area contributed by atoms with Gasteiger partial charge in [-0.3, -0.25) is 5.10 Å². The van der Waals surface area contributed by atoms with Crippen molar-refractivity contribution >= 4 is 28.6 Å². The van der Waals surface area contributed by atoms with E-state index in [-0.39, 0.29) is 5.69 Å². The molecule has 0 bridgehead atoms. The van der Waals surface area contributed by atoms with Gasteiger partial charge in [-0.1, -0.05) is 0 Å². The van der Waals surface area contributed by atoms with E-state index >= 15 is 0 Å². The van der Waals surface area contributed by atoms with Crippen molar-refractivity contribution in [2.24, 2.45) is 0 Å². The predicted octanol–water partition coefficient (Wildman–Crippen LogP) is 3.29. The number of carbonyl (C=O) groups excluding carboxylic acids is 1. The number of carbonyl (C=O) groups is 1. The molecule has 0 fully saturated rings. The van der Waals surface area contributed by atoms with Gasteiger partial charge in [-0.15, -0.1) is 0 Å². The zero-order valence-electron chi connectivity index (χ0n) is 10.6. The minimum Gasteiger partial charge on any atom is -0.461 e. The molecule has 0 spiro atoms. The lowest BCUT2D eigenvalue weighted by atomic mass is 10.3. The van der Waals surface area contributed by atoms with Gasteiger partial charge in [-0.2, -0.15) is 5.10 Å². The summed E-state index contributed by atoms with van der Waals surface area (Å²) in [6, 6.07) is 7.52. The summed E-state index contributed by atoms with van der Waals surface area (Å²) < 4.78 is 11.8. The molecule has 0 unspecified atom stereocenters. The van der Waals surface area contributed by atoms with Gasteiger partial charge in [-0.05, 0) is 60.7 Å². The summed E-state index contributed by atoms with van der Waals surface area (Å²) in [5, 5.41) is 6.62. The molecule has 0 atom stereocenters. The van der Waals surface area contributed by atoms with Gasteiger partial charge in [-0.25, -0.2) is 4.79 Å². The Kier molecular flexibility index (Phi) is 4.41. The maximum absolute atomic E-state index is 11.7. The van der Waals surface area contributed by atoms with Crippen LogP contribution in [0.25, 0.3) is 0 Å². The molecule has 19 heavy (non-hydrogen) atoms. The Morgan fingerprint density at radius 2 is 2.05 bits per heavy atom. The highest BCUT2D eigenvalue weighted by molar-refractivity contribution is 14.1. The quantitative estimate of drug-likeness (QED) is 0.661. The molecule has 0 aliphatic rings. The van der Waals surface area contributed by atoms with Crippen LogP contribution in [-0.2, 0) is 4.74 Å². The predicted molar refractivity (Wildman–Crippen MR) is 78.5 cm³/mol. The molecular formula is C13H13IN2O3. The van der Waals surface area contributed by atoms with Crippen LogP contribution in [0.2, 0.25) is 0 Å². The monoisotopic (exact) mass is 372 g/mol. The first-order chi connectivity index (χ1) is 9.11. The Labute approximate surface area is 124 Å². The summed E-state index contributed by atoms with van der Waals surface area (Å²) in [4.78, 5) is 11.7. The Morgan fingerprint density at radius 3 is 2.68 bits per heavy atom. The molecule has 100 valence electrons. The van der Waals surface area contributed by atoms with Gasteiger partial charge in [0.1, 0.15) is 11.4 Å². The van der Waals surface area contributed by atoms with Gasteiger partial charge in [0.05, 0.1) is 6.61 Å². The molecule has 0 aliphatic heterocycles. The van der Waals surface area contributed by atoms with Crippen LogP contribution in [0.3, 0.4) is 0 Å². The first-order valence-corrected chi connectivity index (χ1v) is 6.85. The molecule has 1 aromatic heterocycles. The number of aromatic nitrogens is 2. The maximum atomic E-state index is 11.7. The van der Waals surface area contributed by atoms with Crippen molar-refractivity contribution in [3.63, 3.8) is 0 Å². The first-order valence-electron chi connectivity index (χ1n) is 5.77. The van der Waals surface area contributed by atoms with Crippen LogP contribution in [0.1, 0.15) is 23.1 Å². The smallest absolute Gasteiger partial charge is 0.360 e. The third-order valence-electron chi connectivity index (χ3n) is 2.40. The second-order valence-electron chi connectivity index (χ2n) is 3.79. The molecule has 5 nitrogen and oxygen atoms in total. The van der Waals surface area contributed by atoms with E-state index < -0.39 is 5.97 Å². The third kappa shape index (κ3) is 3.25. The van der Waals surface area contributed by atoms with Crippen LogP contribution in [0.15, 0.2) is 24.3 Å². The molecule has 0 aliphatic carbocycles. The number of nitrogens with zero attached hydrogens (tertiary/aromatic N) is 1. The summed E-state index contributed by atoms with van der Waals surface area (Å²) in [7, 11) is 0. The zero-order chi connectivity index (χ0) is 13.8. The molecule has 0 saturated carbocycles. The SMILES string of the molecule is CCOC(=O)c1[nH]nc(C)c1Oc1ccc(I)cc1. The van der Waals surface area contributed by atoms with Gasteiger partial charge in [0.2, 0.25) is 0 Å². The van der Waals surface area contributed by atoms with Gasteiger partial charge in [0, 0.05) is 3.57 Å². The van der Waals surface area contributed by atoms with Crippen LogP contribution < -0.4 is 4.74 Å². The van der Waals surface area contributed by atoms with E-state index in [1.54, 1.807) is 13.8 Å². The van der Waals surface area contributed by atoms with Gasteiger partial charge < -0.3 is 9.47 Å². The summed E-state index contributed by atoms with van der Waals surface area (Å²) in [5.41, 5.74) is 0.847. The maximum Gasteiger partial charge on any atom is 0.360 e. The van der Waals surface area contributed by atoms with Crippen LogP contribution in [0.4, 0.5) is 0 Å². The molecule has 6 heteroatoms. The number of H-pyrrole nitrogens is 1. The van der Waals surface area contributed by atoms with E-state index in [1.807, 2.05) is 24.3 Å². The third-order valence-corrected chi connectivity index (χ3v) is 3.12. The van der Waals surface area contributed by atoms with E-state index in [0.29, 0.717) is 23.8 Å². The second-order valence-corrected chi connectivity index (χ2v) is 5.04.